The van der Waals surface area contributed by atoms with E-state index in [1.165, 1.54) is 17.5 Å². The van der Waals surface area contributed by atoms with Crippen LogP contribution >= 0.6 is 0 Å². The van der Waals surface area contributed by atoms with E-state index in [1.54, 1.807) is 0 Å². The number of carbonyl (C=O) groups is 1. The molecular weight excluding hydrogens is 216 g/mol. The summed E-state index contributed by atoms with van der Waals surface area (Å²) in [6.07, 6.45) is 2.89. The number of carbonyl (C=O) groups excluding carboxylic acids is 1. The van der Waals surface area contributed by atoms with Gasteiger partial charge in [-0.2, -0.15) is 0 Å². The highest BCUT2D eigenvalue weighted by molar-refractivity contribution is 7.88. The van der Waals surface area contributed by atoms with E-state index in [9.17, 15) is 13.2 Å². The Kier molecular flexibility index (Phi) is 4.10. The first-order valence-corrected chi connectivity index (χ1v) is 6.94. The van der Waals surface area contributed by atoms with Gasteiger partial charge >= 0.3 is 0 Å². The predicted octanol–water partition coefficient (Wildman–Crippen LogP) is -0.206. The lowest BCUT2D eigenvalue weighted by atomic mass is 9.98. The molecule has 1 fully saturated rings. The van der Waals surface area contributed by atoms with Gasteiger partial charge in [0.2, 0.25) is 15.9 Å². The molecular formula is C9H18N2O3S. The fraction of sp³-hybridized carbons (Fsp3) is 0.889. The highest BCUT2D eigenvalue weighted by Crippen LogP contribution is 2.18. The zero-order valence-electron chi connectivity index (χ0n) is 9.19. The molecule has 6 heteroatoms. The second-order valence-corrected chi connectivity index (χ2v) is 6.02. The Morgan fingerprint density at radius 1 is 1.40 bits per heavy atom. The highest BCUT2D eigenvalue weighted by Gasteiger charge is 2.24. The third kappa shape index (κ3) is 4.17. The molecule has 1 aliphatic heterocycles. The van der Waals surface area contributed by atoms with Crippen molar-refractivity contribution in [2.45, 2.75) is 19.8 Å². The number of sulfonamides is 1. The van der Waals surface area contributed by atoms with E-state index in [0.29, 0.717) is 25.6 Å². The molecule has 0 bridgehead atoms. The van der Waals surface area contributed by atoms with Crippen molar-refractivity contribution in [1.82, 2.24) is 9.62 Å². The van der Waals surface area contributed by atoms with E-state index >= 15 is 0 Å². The topological polar surface area (TPSA) is 66.5 Å². The van der Waals surface area contributed by atoms with Gasteiger partial charge in [0.25, 0.3) is 0 Å². The third-order valence-electron chi connectivity index (χ3n) is 2.68. The van der Waals surface area contributed by atoms with Gasteiger partial charge in [0.05, 0.1) is 6.26 Å². The number of hydrogen-bond donors (Lipinski definition) is 1. The first-order chi connectivity index (χ1) is 6.89. The summed E-state index contributed by atoms with van der Waals surface area (Å²) in [6, 6.07) is 0. The first kappa shape index (κ1) is 12.4. The molecule has 1 rings (SSSR count). The maximum Gasteiger partial charge on any atom is 0.216 e. The molecule has 0 aromatic carbocycles. The van der Waals surface area contributed by atoms with E-state index < -0.39 is 10.0 Å². The molecule has 0 aromatic rings. The number of hydrogen-bond acceptors (Lipinski definition) is 3. The Bertz CT molecular complexity index is 318. The lowest BCUT2D eigenvalue weighted by Gasteiger charge is -2.30. The molecule has 1 heterocycles. The summed E-state index contributed by atoms with van der Waals surface area (Å²) in [5, 5.41) is 2.76. The summed E-state index contributed by atoms with van der Waals surface area (Å²) in [7, 11) is -3.03. The fourth-order valence-corrected chi connectivity index (χ4v) is 2.61. The van der Waals surface area contributed by atoms with E-state index in [-0.39, 0.29) is 5.91 Å². The Morgan fingerprint density at radius 3 is 2.33 bits per heavy atom. The molecule has 1 saturated heterocycles. The number of nitrogens with zero attached hydrogens (tertiary/aromatic N) is 1. The first-order valence-electron chi connectivity index (χ1n) is 5.09. The van der Waals surface area contributed by atoms with Crippen LogP contribution in [0.1, 0.15) is 19.8 Å². The Balaban J connectivity index is 2.33. The van der Waals surface area contributed by atoms with Crippen LogP contribution in [0.25, 0.3) is 0 Å². The molecule has 0 atom stereocenters. The summed E-state index contributed by atoms with van der Waals surface area (Å²) in [6.45, 7) is 3.30. The van der Waals surface area contributed by atoms with Crippen molar-refractivity contribution >= 4 is 15.9 Å². The third-order valence-corrected chi connectivity index (χ3v) is 3.99. The van der Waals surface area contributed by atoms with Gasteiger partial charge in [-0.15, -0.1) is 0 Å². The lowest BCUT2D eigenvalue weighted by molar-refractivity contribution is -0.119. The van der Waals surface area contributed by atoms with Gasteiger partial charge in [0, 0.05) is 26.6 Å². The van der Waals surface area contributed by atoms with Crippen molar-refractivity contribution < 1.29 is 13.2 Å². The molecule has 0 unspecified atom stereocenters. The molecule has 1 N–H and O–H groups in total. The highest BCUT2D eigenvalue weighted by atomic mass is 32.2. The summed E-state index contributed by atoms with van der Waals surface area (Å²) in [5.74, 6) is 0.382. The van der Waals surface area contributed by atoms with Crippen molar-refractivity contribution in [1.29, 1.82) is 0 Å². The summed E-state index contributed by atoms with van der Waals surface area (Å²) in [4.78, 5) is 10.7. The average Bonchev–Trinajstić information content (AvgIpc) is 2.14. The smallest absolute Gasteiger partial charge is 0.216 e. The maximum absolute atomic E-state index is 11.2. The van der Waals surface area contributed by atoms with Crippen molar-refractivity contribution in [2.75, 3.05) is 25.9 Å². The van der Waals surface area contributed by atoms with Crippen molar-refractivity contribution in [3.8, 4) is 0 Å². The quantitative estimate of drug-likeness (QED) is 0.735. The summed E-state index contributed by atoms with van der Waals surface area (Å²) in [5.41, 5.74) is 0. The average molecular weight is 234 g/mol. The van der Waals surface area contributed by atoms with Gasteiger partial charge in [0.1, 0.15) is 0 Å². The Hall–Kier alpha value is -0.620. The van der Waals surface area contributed by atoms with Crippen LogP contribution in [0.15, 0.2) is 0 Å². The molecule has 0 spiro atoms. The van der Waals surface area contributed by atoms with Crippen LogP contribution in [-0.4, -0.2) is 44.5 Å². The van der Waals surface area contributed by atoms with Gasteiger partial charge in [-0.05, 0) is 18.8 Å². The van der Waals surface area contributed by atoms with Gasteiger partial charge in [-0.1, -0.05) is 0 Å². The summed E-state index contributed by atoms with van der Waals surface area (Å²) < 4.78 is 23.9. The maximum atomic E-state index is 11.2. The molecule has 0 aromatic heterocycles. The van der Waals surface area contributed by atoms with Crippen LogP contribution in [0.3, 0.4) is 0 Å². The standard InChI is InChI=1S/C9H18N2O3S/c1-8(12)10-7-9-3-5-11(6-4-9)15(2,13)14/h9H,3-7H2,1-2H3,(H,10,12). The predicted molar refractivity (Wildman–Crippen MR) is 57.8 cm³/mol. The molecule has 1 aliphatic rings. The minimum Gasteiger partial charge on any atom is -0.356 e. The number of nitrogens with one attached hydrogen (secondary N) is 1. The van der Waals surface area contributed by atoms with Gasteiger partial charge in [0.15, 0.2) is 0 Å². The molecule has 0 saturated carbocycles. The van der Waals surface area contributed by atoms with E-state index in [1.807, 2.05) is 0 Å². The minimum atomic E-state index is -3.03. The largest absolute Gasteiger partial charge is 0.356 e. The van der Waals surface area contributed by atoms with Crippen LogP contribution < -0.4 is 5.32 Å². The van der Waals surface area contributed by atoms with E-state index in [2.05, 4.69) is 5.32 Å². The van der Waals surface area contributed by atoms with Crippen LogP contribution in [0.4, 0.5) is 0 Å². The number of rotatable bonds is 3. The summed E-state index contributed by atoms with van der Waals surface area (Å²) >= 11 is 0. The van der Waals surface area contributed by atoms with E-state index in [0.717, 1.165) is 12.8 Å². The molecule has 0 aliphatic carbocycles. The number of amides is 1. The second kappa shape index (κ2) is 4.94. The fourth-order valence-electron chi connectivity index (χ4n) is 1.73. The molecule has 0 radical (unpaired) electrons. The molecule has 88 valence electrons. The lowest BCUT2D eigenvalue weighted by Crippen LogP contribution is -2.40. The van der Waals surface area contributed by atoms with Crippen molar-refractivity contribution in [3.05, 3.63) is 0 Å². The Morgan fingerprint density at radius 2 is 1.93 bits per heavy atom. The minimum absolute atomic E-state index is 0.0273. The normalized spacial score (nSPS) is 20.1. The van der Waals surface area contributed by atoms with Gasteiger partial charge in [-0.3, -0.25) is 4.79 Å². The van der Waals surface area contributed by atoms with Crippen molar-refractivity contribution in [3.63, 3.8) is 0 Å². The SMILES string of the molecule is CC(=O)NCC1CCN(S(C)(=O)=O)CC1. The van der Waals surface area contributed by atoms with Crippen molar-refractivity contribution in [2.24, 2.45) is 5.92 Å². The molecule has 5 nitrogen and oxygen atoms in total. The molecule has 1 amide bonds. The van der Waals surface area contributed by atoms with Crippen LogP contribution in [0, 0.1) is 5.92 Å². The number of piperidine rings is 1. The monoisotopic (exact) mass is 234 g/mol. The van der Waals surface area contributed by atoms with Gasteiger partial charge < -0.3 is 5.32 Å². The van der Waals surface area contributed by atoms with Crippen LogP contribution in [0.2, 0.25) is 0 Å². The zero-order valence-corrected chi connectivity index (χ0v) is 10.0. The van der Waals surface area contributed by atoms with Gasteiger partial charge in [-0.25, -0.2) is 12.7 Å². The zero-order chi connectivity index (χ0) is 11.5. The van der Waals surface area contributed by atoms with Crippen LogP contribution in [0.5, 0.6) is 0 Å². The second-order valence-electron chi connectivity index (χ2n) is 4.04. The van der Waals surface area contributed by atoms with E-state index in [4.69, 9.17) is 0 Å². The molecule has 15 heavy (non-hydrogen) atoms. The Labute approximate surface area is 90.9 Å². The van der Waals surface area contributed by atoms with Crippen LogP contribution in [-0.2, 0) is 14.8 Å².